The molecule has 2 amide bonds. The third-order valence-electron chi connectivity index (χ3n) is 5.35. The second-order valence-electron chi connectivity index (χ2n) is 8.81. The maximum atomic E-state index is 12.4. The van der Waals surface area contributed by atoms with Crippen molar-refractivity contribution in [1.82, 2.24) is 30.3 Å². The molecule has 15 heteroatoms. The van der Waals surface area contributed by atoms with E-state index in [9.17, 15) is 22.8 Å². The number of nitrogens with two attached hydrogens (primary N) is 2. The van der Waals surface area contributed by atoms with Crippen LogP contribution in [0.5, 0.6) is 5.75 Å². The van der Waals surface area contributed by atoms with E-state index in [2.05, 4.69) is 30.7 Å². The number of hydrogen-bond acceptors (Lipinski definition) is 9. The summed E-state index contributed by atoms with van der Waals surface area (Å²) in [4.78, 5) is 28.6. The summed E-state index contributed by atoms with van der Waals surface area (Å²) in [5.74, 6) is 4.80. The zero-order chi connectivity index (χ0) is 29.1. The molecule has 0 saturated carbocycles. The van der Waals surface area contributed by atoms with Crippen molar-refractivity contribution in [3.63, 3.8) is 0 Å². The summed E-state index contributed by atoms with van der Waals surface area (Å²) in [6, 6.07) is 8.89. The van der Waals surface area contributed by atoms with Gasteiger partial charge in [-0.1, -0.05) is 23.4 Å². The second kappa shape index (κ2) is 13.9. The molecule has 0 fully saturated rings. The number of halogens is 3. The molecule has 6 N–H and O–H groups in total. The van der Waals surface area contributed by atoms with Gasteiger partial charge in [0.15, 0.2) is 5.82 Å². The Bertz CT molecular complexity index is 1310. The van der Waals surface area contributed by atoms with Crippen molar-refractivity contribution in [2.45, 2.75) is 45.6 Å². The smallest absolute Gasteiger partial charge is 0.406 e. The Kier molecular flexibility index (Phi) is 10.4. The molecule has 0 bridgehead atoms. The number of aryl methyl sites for hydroxylation is 2. The number of benzene rings is 1. The number of rotatable bonds is 13. The molecule has 12 nitrogen and oxygen atoms in total. The Morgan fingerprint density at radius 2 is 1.98 bits per heavy atom. The van der Waals surface area contributed by atoms with Crippen LogP contribution in [0.1, 0.15) is 29.7 Å². The van der Waals surface area contributed by atoms with Gasteiger partial charge in [-0.15, -0.1) is 18.3 Å². The maximum absolute atomic E-state index is 12.4. The van der Waals surface area contributed by atoms with E-state index in [1.807, 2.05) is 19.1 Å². The van der Waals surface area contributed by atoms with E-state index in [1.165, 1.54) is 34.2 Å². The molecule has 2 aromatic heterocycles. The fourth-order valence-electron chi connectivity index (χ4n) is 3.45. The predicted octanol–water partition coefficient (Wildman–Crippen LogP) is 2.13. The maximum Gasteiger partial charge on any atom is 0.573 e. The number of anilines is 1. The molecule has 0 unspecified atom stereocenters. The van der Waals surface area contributed by atoms with Gasteiger partial charge in [0.05, 0.1) is 12.6 Å². The summed E-state index contributed by atoms with van der Waals surface area (Å²) < 4.78 is 42.6. The molecule has 0 aliphatic heterocycles. The number of hydrazine groups is 1. The lowest BCUT2D eigenvalue weighted by Gasteiger charge is -2.14. The Morgan fingerprint density at radius 1 is 1.18 bits per heavy atom. The fourth-order valence-corrected chi connectivity index (χ4v) is 3.45. The molecule has 0 spiro atoms. The highest BCUT2D eigenvalue weighted by atomic mass is 19.4. The number of carbonyl (C=O) groups is 2. The van der Waals surface area contributed by atoms with Gasteiger partial charge in [-0.3, -0.25) is 19.3 Å². The van der Waals surface area contributed by atoms with Crippen molar-refractivity contribution in [2.75, 3.05) is 11.9 Å². The Balaban J connectivity index is 1.36. The highest BCUT2D eigenvalue weighted by Crippen LogP contribution is 2.23. The van der Waals surface area contributed by atoms with E-state index in [0.717, 1.165) is 23.4 Å². The number of ether oxygens (including phenoxy) is 1. The molecule has 3 aromatic rings. The Labute approximate surface area is 228 Å². The third kappa shape index (κ3) is 10.6. The van der Waals surface area contributed by atoms with Crippen molar-refractivity contribution in [1.29, 1.82) is 0 Å². The number of hydrogen-bond donors (Lipinski definition) is 4. The minimum absolute atomic E-state index is 0.0289. The summed E-state index contributed by atoms with van der Waals surface area (Å²) >= 11 is 0. The molecule has 0 radical (unpaired) electrons. The highest BCUT2D eigenvalue weighted by Gasteiger charge is 2.31. The average Bonchev–Trinajstić information content (AvgIpc) is 3.32. The molecular formula is C25H30F3N9O3. The van der Waals surface area contributed by atoms with Crippen molar-refractivity contribution in [3.8, 4) is 5.75 Å². The molecule has 0 saturated heterocycles. The quantitative estimate of drug-likeness (QED) is 0.106. The minimum atomic E-state index is -4.82. The first-order chi connectivity index (χ1) is 19.0. The van der Waals surface area contributed by atoms with Crippen LogP contribution in [0.4, 0.5) is 19.0 Å². The normalized spacial score (nSPS) is 11.7. The standard InChI is InChI=1S/C25H30F3N9O3/c1-17-7-8-19(13-31-17)14-32-24(39)21(29)15-36(30)9-2-3-10-37-16-22(34-35-37)33-23(38)12-18-5-4-6-20(11-18)40-25(26,27)28/h4-8,11,13,15-16H,2-3,9-10,12,14,29-30H2,1H3,(H,32,39)(H,33,38)/b21-15-. The number of amides is 2. The predicted molar refractivity (Wildman–Crippen MR) is 139 cm³/mol. The van der Waals surface area contributed by atoms with E-state index in [0.29, 0.717) is 31.5 Å². The summed E-state index contributed by atoms with van der Waals surface area (Å²) in [7, 11) is 0. The third-order valence-corrected chi connectivity index (χ3v) is 5.35. The zero-order valence-electron chi connectivity index (χ0n) is 21.7. The lowest BCUT2D eigenvalue weighted by molar-refractivity contribution is -0.274. The topological polar surface area (TPSA) is 166 Å². The van der Waals surface area contributed by atoms with Gasteiger partial charge in [-0.25, -0.2) is 5.84 Å². The van der Waals surface area contributed by atoms with Gasteiger partial charge < -0.3 is 26.1 Å². The number of aromatic nitrogens is 4. The highest BCUT2D eigenvalue weighted by molar-refractivity contribution is 5.92. The van der Waals surface area contributed by atoms with Crippen molar-refractivity contribution in [2.24, 2.45) is 11.6 Å². The molecule has 40 heavy (non-hydrogen) atoms. The van der Waals surface area contributed by atoms with Crippen LogP contribution >= 0.6 is 0 Å². The van der Waals surface area contributed by atoms with Gasteiger partial charge in [-0.2, -0.15) is 0 Å². The molecule has 0 atom stereocenters. The summed E-state index contributed by atoms with van der Waals surface area (Å²) in [6.45, 7) is 3.07. The summed E-state index contributed by atoms with van der Waals surface area (Å²) in [5.41, 5.74) is 7.87. The summed E-state index contributed by atoms with van der Waals surface area (Å²) in [6.07, 6.45) is 0.890. The Morgan fingerprint density at radius 3 is 2.70 bits per heavy atom. The van der Waals surface area contributed by atoms with Gasteiger partial charge in [-0.05, 0) is 49.1 Å². The van der Waals surface area contributed by atoms with E-state index in [-0.39, 0.29) is 24.5 Å². The number of carbonyl (C=O) groups excluding carboxylic acids is 2. The van der Waals surface area contributed by atoms with E-state index < -0.39 is 23.9 Å². The number of alkyl halides is 3. The van der Waals surface area contributed by atoms with Crippen molar-refractivity contribution >= 4 is 17.6 Å². The monoisotopic (exact) mass is 561 g/mol. The lowest BCUT2D eigenvalue weighted by Crippen LogP contribution is -2.33. The van der Waals surface area contributed by atoms with Crippen LogP contribution in [0.2, 0.25) is 0 Å². The first-order valence-electron chi connectivity index (χ1n) is 12.2. The molecule has 0 aliphatic rings. The number of nitrogens with zero attached hydrogens (tertiary/aromatic N) is 5. The average molecular weight is 562 g/mol. The van der Waals surface area contributed by atoms with Crippen LogP contribution < -0.4 is 26.9 Å². The van der Waals surface area contributed by atoms with Gasteiger partial charge in [0.2, 0.25) is 5.91 Å². The molecule has 3 rings (SSSR count). The Hall–Kier alpha value is -4.66. The number of unbranched alkanes of at least 4 members (excludes halogenated alkanes) is 1. The lowest BCUT2D eigenvalue weighted by atomic mass is 10.1. The molecule has 214 valence electrons. The van der Waals surface area contributed by atoms with Crippen molar-refractivity contribution < 1.29 is 27.5 Å². The number of pyridine rings is 1. The largest absolute Gasteiger partial charge is 0.573 e. The van der Waals surface area contributed by atoms with Gasteiger partial charge >= 0.3 is 6.36 Å². The van der Waals surface area contributed by atoms with Crippen molar-refractivity contribution in [3.05, 3.63) is 77.5 Å². The molecule has 1 aromatic carbocycles. The summed E-state index contributed by atoms with van der Waals surface area (Å²) in [5, 5.41) is 14.4. The molecule has 0 aliphatic carbocycles. The van der Waals surface area contributed by atoms with Gasteiger partial charge in [0, 0.05) is 37.7 Å². The van der Waals surface area contributed by atoms with Crippen LogP contribution in [0.25, 0.3) is 0 Å². The zero-order valence-corrected chi connectivity index (χ0v) is 21.7. The minimum Gasteiger partial charge on any atom is -0.406 e. The van der Waals surface area contributed by atoms with Crippen LogP contribution in [0.15, 0.2) is 60.7 Å². The van der Waals surface area contributed by atoms with Crippen LogP contribution in [0.3, 0.4) is 0 Å². The molecular weight excluding hydrogens is 531 g/mol. The SMILES string of the molecule is Cc1ccc(CNC(=O)/C(N)=C/N(N)CCCCn2cc(NC(=O)Cc3cccc(OC(F)(F)F)c3)nn2)cn1. The second-order valence-corrected chi connectivity index (χ2v) is 8.81. The van der Waals surface area contributed by atoms with Crippen LogP contribution in [-0.2, 0) is 29.1 Å². The van der Waals surface area contributed by atoms with Crippen LogP contribution in [0, 0.1) is 6.92 Å². The van der Waals surface area contributed by atoms with Gasteiger partial charge in [0.1, 0.15) is 11.4 Å². The van der Waals surface area contributed by atoms with E-state index in [1.54, 1.807) is 6.20 Å². The first kappa shape index (κ1) is 29.9. The first-order valence-corrected chi connectivity index (χ1v) is 12.2. The fraction of sp³-hybridized carbons (Fsp3) is 0.320. The van der Waals surface area contributed by atoms with E-state index in [4.69, 9.17) is 11.6 Å². The van der Waals surface area contributed by atoms with E-state index >= 15 is 0 Å². The molecule has 2 heterocycles. The number of nitrogens with one attached hydrogen (secondary N) is 2. The van der Waals surface area contributed by atoms with Gasteiger partial charge in [0.25, 0.3) is 5.91 Å². The van der Waals surface area contributed by atoms with Crippen LogP contribution in [-0.4, -0.2) is 49.7 Å².